The fraction of sp³-hybridized carbons (Fsp3) is 0.600. The number of aryl methyl sites for hydroxylation is 1. The molecule has 0 radical (unpaired) electrons. The first kappa shape index (κ1) is 15.6. The number of hydrogen-bond donors (Lipinski definition) is 1. The maximum absolute atomic E-state index is 11.0. The van der Waals surface area contributed by atoms with Crippen molar-refractivity contribution < 1.29 is 4.92 Å². The fourth-order valence-electron chi connectivity index (χ4n) is 2.29. The van der Waals surface area contributed by atoms with Gasteiger partial charge in [0, 0.05) is 23.7 Å². The van der Waals surface area contributed by atoms with Crippen molar-refractivity contribution in [1.29, 1.82) is 0 Å². The second-order valence-corrected chi connectivity index (χ2v) is 5.45. The molecule has 0 fully saturated rings. The monoisotopic (exact) mass is 264 g/mol. The van der Waals surface area contributed by atoms with E-state index in [1.807, 2.05) is 12.1 Å². The topological polar surface area (TPSA) is 55.2 Å². The summed E-state index contributed by atoms with van der Waals surface area (Å²) in [4.78, 5) is 10.7. The summed E-state index contributed by atoms with van der Waals surface area (Å²) in [5.41, 5.74) is 1.87. The van der Waals surface area contributed by atoms with Crippen LogP contribution < -0.4 is 5.32 Å². The molecule has 1 aromatic rings. The minimum atomic E-state index is -0.314. The highest BCUT2D eigenvalue weighted by atomic mass is 16.6. The van der Waals surface area contributed by atoms with Gasteiger partial charge in [0.05, 0.1) is 4.92 Å². The average molecular weight is 264 g/mol. The Labute approximate surface area is 115 Å². The van der Waals surface area contributed by atoms with E-state index in [4.69, 9.17) is 0 Å². The van der Waals surface area contributed by atoms with Gasteiger partial charge in [-0.05, 0) is 31.7 Å². The molecule has 0 aliphatic carbocycles. The van der Waals surface area contributed by atoms with Crippen LogP contribution in [0.2, 0.25) is 0 Å². The van der Waals surface area contributed by atoms with Gasteiger partial charge in [0.1, 0.15) is 0 Å². The molecule has 106 valence electrons. The van der Waals surface area contributed by atoms with Crippen LogP contribution in [0.1, 0.15) is 51.3 Å². The summed E-state index contributed by atoms with van der Waals surface area (Å²) in [6.07, 6.45) is 1.05. The van der Waals surface area contributed by atoms with E-state index in [1.165, 1.54) is 0 Å². The summed E-state index contributed by atoms with van der Waals surface area (Å²) < 4.78 is 0. The van der Waals surface area contributed by atoms with Crippen molar-refractivity contribution >= 4 is 5.69 Å². The van der Waals surface area contributed by atoms with Gasteiger partial charge in [-0.2, -0.15) is 0 Å². The molecule has 2 unspecified atom stereocenters. The Kier molecular flexibility index (Phi) is 5.48. The van der Waals surface area contributed by atoms with Gasteiger partial charge in [-0.3, -0.25) is 10.1 Å². The van der Waals surface area contributed by atoms with Gasteiger partial charge in [-0.25, -0.2) is 0 Å². The third-order valence-electron chi connectivity index (χ3n) is 3.64. The van der Waals surface area contributed by atoms with Crippen molar-refractivity contribution in [2.24, 2.45) is 5.92 Å². The molecule has 1 rings (SSSR count). The van der Waals surface area contributed by atoms with E-state index in [0.29, 0.717) is 17.5 Å². The molecule has 0 amide bonds. The molecule has 0 heterocycles. The molecule has 0 saturated heterocycles. The Morgan fingerprint density at radius 1 is 1.32 bits per heavy atom. The van der Waals surface area contributed by atoms with Crippen LogP contribution in [0.3, 0.4) is 0 Å². The third kappa shape index (κ3) is 4.03. The second-order valence-electron chi connectivity index (χ2n) is 5.45. The molecular weight excluding hydrogens is 240 g/mol. The Balaban J connectivity index is 2.91. The zero-order chi connectivity index (χ0) is 14.6. The molecule has 0 aliphatic heterocycles. The van der Waals surface area contributed by atoms with Crippen molar-refractivity contribution in [2.75, 3.05) is 0 Å². The Morgan fingerprint density at radius 2 is 1.95 bits per heavy atom. The van der Waals surface area contributed by atoms with Gasteiger partial charge < -0.3 is 5.32 Å². The van der Waals surface area contributed by atoms with Crippen molar-refractivity contribution in [3.05, 3.63) is 39.4 Å². The van der Waals surface area contributed by atoms with E-state index in [9.17, 15) is 10.1 Å². The summed E-state index contributed by atoms with van der Waals surface area (Å²) in [6, 6.07) is 6.01. The maximum Gasteiger partial charge on any atom is 0.272 e. The van der Waals surface area contributed by atoms with Crippen LogP contribution in [0.15, 0.2) is 18.2 Å². The van der Waals surface area contributed by atoms with Gasteiger partial charge >= 0.3 is 0 Å². The SMILES string of the molecule is CCC(NC(C)c1ccc(C)c([N+](=O)[O-])c1)C(C)C. The largest absolute Gasteiger partial charge is 0.307 e. The van der Waals surface area contributed by atoms with Crippen LogP contribution in [-0.4, -0.2) is 11.0 Å². The normalized spacial score (nSPS) is 14.4. The first-order chi connectivity index (χ1) is 8.86. The van der Waals surface area contributed by atoms with Crippen LogP contribution in [0.5, 0.6) is 0 Å². The Hall–Kier alpha value is -1.42. The highest BCUT2D eigenvalue weighted by Crippen LogP contribution is 2.24. The molecule has 0 aliphatic rings. The minimum absolute atomic E-state index is 0.117. The molecule has 1 N–H and O–H groups in total. The summed E-state index contributed by atoms with van der Waals surface area (Å²) in [6.45, 7) is 10.3. The second kappa shape index (κ2) is 6.66. The molecule has 1 aromatic carbocycles. The number of benzene rings is 1. The van der Waals surface area contributed by atoms with Gasteiger partial charge in [0.2, 0.25) is 0 Å². The van der Waals surface area contributed by atoms with E-state index in [1.54, 1.807) is 13.0 Å². The summed E-state index contributed by atoms with van der Waals surface area (Å²) in [5, 5.41) is 14.5. The quantitative estimate of drug-likeness (QED) is 0.624. The lowest BCUT2D eigenvalue weighted by molar-refractivity contribution is -0.385. The molecule has 2 atom stereocenters. The zero-order valence-electron chi connectivity index (χ0n) is 12.4. The van der Waals surface area contributed by atoms with Crippen molar-refractivity contribution in [3.63, 3.8) is 0 Å². The molecular formula is C15H24N2O2. The molecule has 0 aromatic heterocycles. The number of nitro benzene ring substituents is 1. The van der Waals surface area contributed by atoms with Gasteiger partial charge in [-0.15, -0.1) is 0 Å². The van der Waals surface area contributed by atoms with Crippen molar-refractivity contribution in [1.82, 2.24) is 5.32 Å². The van der Waals surface area contributed by atoms with Gasteiger partial charge in [-0.1, -0.05) is 32.9 Å². The minimum Gasteiger partial charge on any atom is -0.307 e. The average Bonchev–Trinajstić information content (AvgIpc) is 2.35. The van der Waals surface area contributed by atoms with E-state index in [-0.39, 0.29) is 16.7 Å². The van der Waals surface area contributed by atoms with Gasteiger partial charge in [0.15, 0.2) is 0 Å². The fourth-order valence-corrected chi connectivity index (χ4v) is 2.29. The molecule has 19 heavy (non-hydrogen) atoms. The van der Waals surface area contributed by atoms with E-state index in [2.05, 4.69) is 33.0 Å². The molecule has 4 nitrogen and oxygen atoms in total. The van der Waals surface area contributed by atoms with Crippen molar-refractivity contribution in [3.8, 4) is 0 Å². The van der Waals surface area contributed by atoms with E-state index in [0.717, 1.165) is 12.0 Å². The lowest BCUT2D eigenvalue weighted by Crippen LogP contribution is -2.35. The number of nitro groups is 1. The van der Waals surface area contributed by atoms with Crippen LogP contribution in [-0.2, 0) is 0 Å². The van der Waals surface area contributed by atoms with Gasteiger partial charge in [0.25, 0.3) is 5.69 Å². The van der Waals surface area contributed by atoms with Crippen LogP contribution in [0.4, 0.5) is 5.69 Å². The van der Waals surface area contributed by atoms with Crippen LogP contribution in [0.25, 0.3) is 0 Å². The van der Waals surface area contributed by atoms with E-state index < -0.39 is 0 Å². The lowest BCUT2D eigenvalue weighted by atomic mass is 9.98. The predicted octanol–water partition coefficient (Wildman–Crippen LogP) is 3.99. The lowest BCUT2D eigenvalue weighted by Gasteiger charge is -2.25. The molecule has 4 heteroatoms. The molecule has 0 bridgehead atoms. The smallest absolute Gasteiger partial charge is 0.272 e. The first-order valence-corrected chi connectivity index (χ1v) is 6.87. The highest BCUT2D eigenvalue weighted by molar-refractivity contribution is 5.43. The van der Waals surface area contributed by atoms with Crippen molar-refractivity contribution in [2.45, 2.75) is 53.1 Å². The predicted molar refractivity (Wildman–Crippen MR) is 78.3 cm³/mol. The number of nitrogens with zero attached hydrogens (tertiary/aromatic N) is 1. The molecule has 0 saturated carbocycles. The molecule has 0 spiro atoms. The van der Waals surface area contributed by atoms with Crippen LogP contribution >= 0.6 is 0 Å². The standard InChI is InChI=1S/C15H24N2O2/c1-6-14(10(2)3)16-12(5)13-8-7-11(4)15(9-13)17(18)19/h7-10,12,14,16H,6H2,1-5H3. The van der Waals surface area contributed by atoms with Crippen LogP contribution in [0, 0.1) is 23.0 Å². The van der Waals surface area contributed by atoms with E-state index >= 15 is 0 Å². The Morgan fingerprint density at radius 3 is 2.42 bits per heavy atom. The number of rotatable bonds is 6. The number of hydrogen-bond acceptors (Lipinski definition) is 3. The summed E-state index contributed by atoms with van der Waals surface area (Å²) >= 11 is 0. The summed E-state index contributed by atoms with van der Waals surface area (Å²) in [7, 11) is 0. The first-order valence-electron chi connectivity index (χ1n) is 6.87. The third-order valence-corrected chi connectivity index (χ3v) is 3.64. The zero-order valence-corrected chi connectivity index (χ0v) is 12.4. The maximum atomic E-state index is 11.0. The highest BCUT2D eigenvalue weighted by Gasteiger charge is 2.18. The number of nitrogens with one attached hydrogen (secondary N) is 1. The summed E-state index contributed by atoms with van der Waals surface area (Å²) in [5.74, 6) is 0.549. The Bertz CT molecular complexity index is 444.